The van der Waals surface area contributed by atoms with Crippen molar-refractivity contribution in [1.82, 2.24) is 9.97 Å². The van der Waals surface area contributed by atoms with Crippen LogP contribution in [0, 0.1) is 11.8 Å². The second-order valence-electron chi connectivity index (χ2n) is 5.95. The van der Waals surface area contributed by atoms with Gasteiger partial charge < -0.3 is 15.5 Å². The number of hydrogen-bond acceptors (Lipinski definition) is 5. The van der Waals surface area contributed by atoms with Gasteiger partial charge in [0.1, 0.15) is 5.82 Å². The molecule has 20 heavy (non-hydrogen) atoms. The summed E-state index contributed by atoms with van der Waals surface area (Å²) >= 11 is 0. The summed E-state index contributed by atoms with van der Waals surface area (Å²) < 4.78 is 0. The van der Waals surface area contributed by atoms with Crippen molar-refractivity contribution in [1.29, 1.82) is 0 Å². The van der Waals surface area contributed by atoms with Gasteiger partial charge in [-0.15, -0.1) is 0 Å². The van der Waals surface area contributed by atoms with Crippen LogP contribution in [0.15, 0.2) is 12.4 Å². The Kier molecular flexibility index (Phi) is 3.33. The molecular weight excluding hydrogens is 258 g/mol. The summed E-state index contributed by atoms with van der Waals surface area (Å²) in [6, 6.07) is 0. The minimum Gasteiger partial charge on any atom is -0.476 e. The second-order valence-corrected chi connectivity index (χ2v) is 5.95. The summed E-state index contributed by atoms with van der Waals surface area (Å²) in [5.41, 5.74) is -0.591. The minimum absolute atomic E-state index is 0.0673. The number of fused-ring (bicyclic) bond motifs is 2. The molecule has 2 bridgehead atoms. The lowest BCUT2D eigenvalue weighted by molar-refractivity contribution is -0.0174. The van der Waals surface area contributed by atoms with Crippen LogP contribution >= 0.6 is 0 Å². The number of carboxylic acid groups (broad SMARTS) is 1. The van der Waals surface area contributed by atoms with Crippen LogP contribution in [-0.2, 0) is 0 Å². The Balaban J connectivity index is 1.51. The molecule has 0 aliphatic heterocycles. The molecule has 2 aliphatic rings. The van der Waals surface area contributed by atoms with Crippen LogP contribution in [0.1, 0.15) is 42.6 Å². The highest BCUT2D eigenvalue weighted by Gasteiger charge is 2.49. The smallest absolute Gasteiger partial charge is 0.356 e. The lowest BCUT2D eigenvalue weighted by Gasteiger charge is -2.32. The van der Waals surface area contributed by atoms with Gasteiger partial charge in [0.25, 0.3) is 0 Å². The van der Waals surface area contributed by atoms with Gasteiger partial charge in [0, 0.05) is 6.54 Å². The maximum absolute atomic E-state index is 10.7. The first-order chi connectivity index (χ1) is 9.57. The molecule has 0 saturated heterocycles. The van der Waals surface area contributed by atoms with Gasteiger partial charge in [-0.3, -0.25) is 0 Å². The average molecular weight is 277 g/mol. The Morgan fingerprint density at radius 3 is 2.80 bits per heavy atom. The molecule has 1 aromatic heterocycles. The topological polar surface area (TPSA) is 95.3 Å². The van der Waals surface area contributed by atoms with Gasteiger partial charge in [-0.1, -0.05) is 0 Å². The molecule has 0 aromatic carbocycles. The number of aromatic carboxylic acids is 1. The summed E-state index contributed by atoms with van der Waals surface area (Å²) in [4.78, 5) is 18.5. The van der Waals surface area contributed by atoms with Crippen molar-refractivity contribution in [2.24, 2.45) is 11.8 Å². The van der Waals surface area contributed by atoms with Crippen LogP contribution in [0.3, 0.4) is 0 Å². The van der Waals surface area contributed by atoms with Gasteiger partial charge in [-0.2, -0.15) is 0 Å². The SMILES string of the molecule is O=C(O)c1cnc(NCCC2(O)CC3CCC2C3)cn1. The molecule has 2 saturated carbocycles. The van der Waals surface area contributed by atoms with Crippen molar-refractivity contribution in [3.05, 3.63) is 18.1 Å². The zero-order valence-electron chi connectivity index (χ0n) is 11.2. The molecule has 3 N–H and O–H groups in total. The molecule has 0 amide bonds. The Hall–Kier alpha value is -1.69. The van der Waals surface area contributed by atoms with Crippen LogP contribution < -0.4 is 5.32 Å². The highest BCUT2D eigenvalue weighted by molar-refractivity contribution is 5.84. The number of nitrogens with zero attached hydrogens (tertiary/aromatic N) is 2. The van der Waals surface area contributed by atoms with E-state index in [-0.39, 0.29) is 5.69 Å². The predicted octanol–water partition coefficient (Wildman–Crippen LogP) is 1.53. The predicted molar refractivity (Wildman–Crippen MR) is 72.5 cm³/mol. The van der Waals surface area contributed by atoms with E-state index in [9.17, 15) is 9.90 Å². The van der Waals surface area contributed by atoms with E-state index < -0.39 is 11.6 Å². The standard InChI is InChI=1S/C14H19N3O3/c18-13(19)11-7-17-12(8-16-11)15-4-3-14(20)6-9-1-2-10(14)5-9/h7-10,20H,1-6H2,(H,15,17)(H,18,19). The lowest BCUT2D eigenvalue weighted by atomic mass is 9.82. The molecule has 1 aromatic rings. The molecule has 6 nitrogen and oxygen atoms in total. The highest BCUT2D eigenvalue weighted by atomic mass is 16.4. The fraction of sp³-hybridized carbons (Fsp3) is 0.643. The van der Waals surface area contributed by atoms with Crippen LogP contribution in [0.4, 0.5) is 5.82 Å². The zero-order valence-corrected chi connectivity index (χ0v) is 11.2. The molecule has 3 atom stereocenters. The highest BCUT2D eigenvalue weighted by Crippen LogP contribution is 2.51. The van der Waals surface area contributed by atoms with Gasteiger partial charge in [0.05, 0.1) is 18.0 Å². The van der Waals surface area contributed by atoms with Gasteiger partial charge in [0.2, 0.25) is 0 Å². The molecule has 2 fully saturated rings. The van der Waals surface area contributed by atoms with E-state index in [2.05, 4.69) is 15.3 Å². The number of rotatable bonds is 5. The summed E-state index contributed by atoms with van der Waals surface area (Å²) in [6.07, 6.45) is 7.85. The van der Waals surface area contributed by atoms with Gasteiger partial charge in [-0.25, -0.2) is 14.8 Å². The summed E-state index contributed by atoms with van der Waals surface area (Å²) in [5.74, 6) is 0.622. The fourth-order valence-electron chi connectivity index (χ4n) is 3.66. The number of carboxylic acids is 1. The van der Waals surface area contributed by atoms with E-state index in [1.54, 1.807) is 0 Å². The first kappa shape index (κ1) is 13.3. The van der Waals surface area contributed by atoms with Gasteiger partial charge >= 0.3 is 5.97 Å². The third kappa shape index (κ3) is 2.47. The minimum atomic E-state index is -1.08. The first-order valence-electron chi connectivity index (χ1n) is 7.08. The average Bonchev–Trinajstić information content (AvgIpc) is 2.99. The quantitative estimate of drug-likeness (QED) is 0.755. The van der Waals surface area contributed by atoms with E-state index in [1.165, 1.54) is 25.2 Å². The molecule has 6 heteroatoms. The number of hydrogen-bond donors (Lipinski definition) is 3. The number of carbonyl (C=O) groups is 1. The number of anilines is 1. The maximum Gasteiger partial charge on any atom is 0.356 e. The van der Waals surface area contributed by atoms with Gasteiger partial charge in [-0.05, 0) is 43.9 Å². The number of aliphatic hydroxyl groups is 1. The van der Waals surface area contributed by atoms with Crippen molar-refractivity contribution < 1.29 is 15.0 Å². The van der Waals surface area contributed by atoms with E-state index >= 15 is 0 Å². The normalized spacial score (nSPS) is 31.4. The third-order valence-electron chi connectivity index (χ3n) is 4.68. The van der Waals surface area contributed by atoms with Crippen LogP contribution in [0.2, 0.25) is 0 Å². The Morgan fingerprint density at radius 2 is 2.25 bits per heavy atom. The molecule has 2 aliphatic carbocycles. The largest absolute Gasteiger partial charge is 0.476 e. The Morgan fingerprint density at radius 1 is 1.40 bits per heavy atom. The van der Waals surface area contributed by atoms with Crippen LogP contribution in [0.25, 0.3) is 0 Å². The van der Waals surface area contributed by atoms with Crippen molar-refractivity contribution >= 4 is 11.8 Å². The summed E-state index contributed by atoms with van der Waals surface area (Å²) in [5, 5.41) is 22.5. The second kappa shape index (κ2) is 5.01. The third-order valence-corrected chi connectivity index (χ3v) is 4.68. The molecule has 0 spiro atoms. The van der Waals surface area contributed by atoms with Crippen LogP contribution in [-0.4, -0.2) is 38.3 Å². The lowest BCUT2D eigenvalue weighted by Crippen LogP contribution is -2.37. The van der Waals surface area contributed by atoms with Gasteiger partial charge in [0.15, 0.2) is 5.69 Å². The summed E-state index contributed by atoms with van der Waals surface area (Å²) in [7, 11) is 0. The van der Waals surface area contributed by atoms with E-state index in [1.807, 2.05) is 0 Å². The Bertz CT molecular complexity index is 505. The summed E-state index contributed by atoms with van der Waals surface area (Å²) in [6.45, 7) is 0.626. The van der Waals surface area contributed by atoms with E-state index in [0.717, 1.165) is 12.8 Å². The zero-order chi connectivity index (χ0) is 14.2. The van der Waals surface area contributed by atoms with Crippen molar-refractivity contribution in [3.8, 4) is 0 Å². The van der Waals surface area contributed by atoms with Crippen molar-refractivity contribution in [2.45, 2.75) is 37.7 Å². The monoisotopic (exact) mass is 277 g/mol. The molecule has 0 radical (unpaired) electrons. The van der Waals surface area contributed by atoms with Crippen molar-refractivity contribution in [2.75, 3.05) is 11.9 Å². The number of aromatic nitrogens is 2. The van der Waals surface area contributed by atoms with E-state index in [4.69, 9.17) is 5.11 Å². The molecule has 108 valence electrons. The van der Waals surface area contributed by atoms with E-state index in [0.29, 0.717) is 30.6 Å². The fourth-order valence-corrected chi connectivity index (χ4v) is 3.66. The van der Waals surface area contributed by atoms with Crippen LogP contribution in [0.5, 0.6) is 0 Å². The molecular formula is C14H19N3O3. The number of nitrogens with one attached hydrogen (secondary N) is 1. The molecule has 3 rings (SSSR count). The molecule has 1 heterocycles. The Labute approximate surface area is 117 Å². The molecule has 3 unspecified atom stereocenters. The van der Waals surface area contributed by atoms with Crippen molar-refractivity contribution in [3.63, 3.8) is 0 Å². The first-order valence-corrected chi connectivity index (χ1v) is 7.08. The maximum atomic E-state index is 10.7.